The minimum absolute atomic E-state index is 0.0178. The first-order valence-corrected chi connectivity index (χ1v) is 8.76. The van der Waals surface area contributed by atoms with E-state index in [0.717, 1.165) is 48.5 Å². The number of rotatable bonds is 3. The number of carbonyl (C=O) groups excluding carboxylic acids is 1. The van der Waals surface area contributed by atoms with Crippen LogP contribution in [0.25, 0.3) is 22.6 Å². The lowest BCUT2D eigenvalue weighted by molar-refractivity contribution is 0.0789. The first kappa shape index (κ1) is 16.5. The molecule has 2 aromatic heterocycles. The first-order chi connectivity index (χ1) is 12.5. The van der Waals surface area contributed by atoms with Gasteiger partial charge in [-0.25, -0.2) is 4.98 Å². The fourth-order valence-electron chi connectivity index (χ4n) is 3.74. The smallest absolute Gasteiger partial charge is 0.259 e. The normalized spacial score (nSPS) is 14.3. The maximum absolute atomic E-state index is 12.9. The average Bonchev–Trinajstić information content (AvgIpc) is 3.32. The number of aryl methyl sites for hydroxylation is 2. The maximum atomic E-state index is 12.9. The second-order valence-electron chi connectivity index (χ2n) is 6.78. The van der Waals surface area contributed by atoms with Crippen molar-refractivity contribution < 1.29 is 9.53 Å². The molecule has 26 heavy (non-hydrogen) atoms. The lowest BCUT2D eigenvalue weighted by Crippen LogP contribution is -2.27. The van der Waals surface area contributed by atoms with E-state index in [-0.39, 0.29) is 5.91 Å². The molecule has 1 saturated heterocycles. The van der Waals surface area contributed by atoms with Gasteiger partial charge in [-0.05, 0) is 31.0 Å². The van der Waals surface area contributed by atoms with Crippen molar-refractivity contribution in [2.45, 2.75) is 12.8 Å². The number of nitrogen functional groups attached to an aromatic ring is 1. The van der Waals surface area contributed by atoms with Gasteiger partial charge in [0.15, 0.2) is 11.6 Å². The number of fused-ring (bicyclic) bond motifs is 1. The highest BCUT2D eigenvalue weighted by Gasteiger charge is 2.28. The number of methoxy groups -OCH3 is 1. The summed E-state index contributed by atoms with van der Waals surface area (Å²) in [6.45, 7) is 1.61. The number of amides is 1. The van der Waals surface area contributed by atoms with Crippen molar-refractivity contribution in [1.82, 2.24) is 19.0 Å². The monoisotopic (exact) mass is 353 g/mol. The summed E-state index contributed by atoms with van der Waals surface area (Å²) in [6, 6.07) is 5.66. The van der Waals surface area contributed by atoms with E-state index in [9.17, 15) is 4.79 Å². The zero-order chi connectivity index (χ0) is 18.4. The number of imidazole rings is 1. The minimum Gasteiger partial charge on any atom is -0.494 e. The highest BCUT2D eigenvalue weighted by atomic mass is 16.5. The van der Waals surface area contributed by atoms with Crippen molar-refractivity contribution in [3.8, 4) is 17.3 Å². The summed E-state index contributed by atoms with van der Waals surface area (Å²) < 4.78 is 9.57. The summed E-state index contributed by atoms with van der Waals surface area (Å²) >= 11 is 0. The van der Waals surface area contributed by atoms with E-state index in [2.05, 4.69) is 0 Å². The summed E-state index contributed by atoms with van der Waals surface area (Å²) in [7, 11) is 5.46. The van der Waals surface area contributed by atoms with Crippen LogP contribution in [-0.4, -0.2) is 45.1 Å². The fourth-order valence-corrected chi connectivity index (χ4v) is 3.74. The number of ether oxygens (including phenoxy) is 1. The van der Waals surface area contributed by atoms with Gasteiger partial charge in [0, 0.05) is 39.1 Å². The summed E-state index contributed by atoms with van der Waals surface area (Å²) in [5.74, 6) is 1.32. The molecule has 1 fully saturated rings. The largest absolute Gasteiger partial charge is 0.494 e. The van der Waals surface area contributed by atoms with Gasteiger partial charge in [0.1, 0.15) is 11.3 Å². The van der Waals surface area contributed by atoms with E-state index in [1.165, 1.54) is 0 Å². The van der Waals surface area contributed by atoms with Crippen molar-refractivity contribution in [1.29, 1.82) is 0 Å². The molecule has 2 N–H and O–H groups in total. The van der Waals surface area contributed by atoms with Crippen LogP contribution in [0.1, 0.15) is 23.2 Å². The molecule has 7 heteroatoms. The molecule has 0 atom stereocenters. The van der Waals surface area contributed by atoms with Gasteiger partial charge in [0.2, 0.25) is 0 Å². The number of hydrogen-bond donors (Lipinski definition) is 1. The Morgan fingerprint density at radius 2 is 1.96 bits per heavy atom. The molecule has 7 nitrogen and oxygen atoms in total. The molecule has 0 bridgehead atoms. The van der Waals surface area contributed by atoms with Crippen LogP contribution in [0.3, 0.4) is 0 Å². The van der Waals surface area contributed by atoms with Gasteiger partial charge in [0.05, 0.1) is 18.1 Å². The molecule has 0 saturated carbocycles. The van der Waals surface area contributed by atoms with Gasteiger partial charge in [-0.3, -0.25) is 4.79 Å². The number of anilines is 1. The Morgan fingerprint density at radius 1 is 1.23 bits per heavy atom. The lowest BCUT2D eigenvalue weighted by atomic mass is 10.2. The van der Waals surface area contributed by atoms with Gasteiger partial charge in [0.25, 0.3) is 5.91 Å². The van der Waals surface area contributed by atoms with Crippen LogP contribution in [0.15, 0.2) is 24.4 Å². The van der Waals surface area contributed by atoms with Crippen molar-refractivity contribution in [2.24, 2.45) is 14.1 Å². The number of carbonyl (C=O) groups is 1. The third-order valence-corrected chi connectivity index (χ3v) is 5.08. The standard InChI is InChI=1S/C19H23N5O2/c1-22-11-13(19(25)24-8-4-5-9-24)17(26-3)16(22)18-21-14-10-12(20)6-7-15(14)23(18)2/h6-7,10-11H,4-5,8-9,20H2,1-3H3. The second kappa shape index (κ2) is 6.09. The number of hydrogen-bond acceptors (Lipinski definition) is 4. The first-order valence-electron chi connectivity index (χ1n) is 8.76. The summed E-state index contributed by atoms with van der Waals surface area (Å²) in [5, 5.41) is 0. The van der Waals surface area contributed by atoms with Gasteiger partial charge in [-0.2, -0.15) is 0 Å². The van der Waals surface area contributed by atoms with E-state index >= 15 is 0 Å². The quantitative estimate of drug-likeness (QED) is 0.734. The predicted octanol–water partition coefficient (Wildman–Crippen LogP) is 2.41. The van der Waals surface area contributed by atoms with E-state index in [4.69, 9.17) is 15.5 Å². The molecule has 0 aliphatic carbocycles. The van der Waals surface area contributed by atoms with Crippen LogP contribution in [0.2, 0.25) is 0 Å². The molecule has 136 valence electrons. The zero-order valence-corrected chi connectivity index (χ0v) is 15.3. The molecule has 1 aliphatic heterocycles. The maximum Gasteiger partial charge on any atom is 0.259 e. The minimum atomic E-state index is 0.0178. The van der Waals surface area contributed by atoms with Crippen LogP contribution < -0.4 is 10.5 Å². The van der Waals surface area contributed by atoms with Crippen LogP contribution in [0.4, 0.5) is 5.69 Å². The Labute approximate surface area is 152 Å². The van der Waals surface area contributed by atoms with Crippen LogP contribution >= 0.6 is 0 Å². The number of likely N-dealkylation sites (tertiary alicyclic amines) is 1. The Hall–Kier alpha value is -2.96. The molecule has 1 aromatic carbocycles. The van der Waals surface area contributed by atoms with E-state index in [0.29, 0.717) is 17.0 Å². The van der Waals surface area contributed by atoms with Gasteiger partial charge < -0.3 is 24.5 Å². The molecule has 0 radical (unpaired) electrons. The molecule has 4 rings (SSSR count). The van der Waals surface area contributed by atoms with Crippen molar-refractivity contribution in [2.75, 3.05) is 25.9 Å². The fraction of sp³-hybridized carbons (Fsp3) is 0.368. The van der Waals surface area contributed by atoms with E-state index < -0.39 is 0 Å². The van der Waals surface area contributed by atoms with Crippen molar-refractivity contribution in [3.63, 3.8) is 0 Å². The summed E-state index contributed by atoms with van der Waals surface area (Å²) in [5.41, 5.74) is 9.73. The molecular weight excluding hydrogens is 330 g/mol. The van der Waals surface area contributed by atoms with Gasteiger partial charge in [-0.15, -0.1) is 0 Å². The molecule has 3 heterocycles. The second-order valence-corrected chi connectivity index (χ2v) is 6.78. The third-order valence-electron chi connectivity index (χ3n) is 5.08. The lowest BCUT2D eigenvalue weighted by Gasteiger charge is -2.15. The van der Waals surface area contributed by atoms with E-state index in [1.807, 2.05) is 52.5 Å². The van der Waals surface area contributed by atoms with Crippen LogP contribution in [0.5, 0.6) is 5.75 Å². The molecule has 0 spiro atoms. The summed E-state index contributed by atoms with van der Waals surface area (Å²) in [4.78, 5) is 19.5. The molecule has 1 aliphatic rings. The van der Waals surface area contributed by atoms with Crippen molar-refractivity contribution in [3.05, 3.63) is 30.0 Å². The Bertz CT molecular complexity index is 995. The highest BCUT2D eigenvalue weighted by Crippen LogP contribution is 2.36. The Balaban J connectivity index is 1.87. The number of nitrogens with zero attached hydrogens (tertiary/aromatic N) is 4. The van der Waals surface area contributed by atoms with Crippen LogP contribution in [-0.2, 0) is 14.1 Å². The molecule has 0 unspecified atom stereocenters. The molecule has 3 aromatic rings. The van der Waals surface area contributed by atoms with Gasteiger partial charge in [-0.1, -0.05) is 0 Å². The Morgan fingerprint density at radius 3 is 2.65 bits per heavy atom. The Kier molecular flexibility index (Phi) is 3.86. The topological polar surface area (TPSA) is 78.3 Å². The van der Waals surface area contributed by atoms with Gasteiger partial charge >= 0.3 is 0 Å². The predicted molar refractivity (Wildman–Crippen MR) is 101 cm³/mol. The number of benzene rings is 1. The molecular formula is C19H23N5O2. The number of aromatic nitrogens is 3. The number of nitrogens with two attached hydrogens (primary N) is 1. The average molecular weight is 353 g/mol. The highest BCUT2D eigenvalue weighted by molar-refractivity contribution is 5.99. The summed E-state index contributed by atoms with van der Waals surface area (Å²) in [6.07, 6.45) is 3.95. The van der Waals surface area contributed by atoms with Crippen LogP contribution in [0, 0.1) is 0 Å². The zero-order valence-electron chi connectivity index (χ0n) is 15.3. The SMILES string of the molecule is COc1c(C(=O)N2CCCC2)cn(C)c1-c1nc2cc(N)ccc2n1C. The molecule has 1 amide bonds. The van der Waals surface area contributed by atoms with E-state index in [1.54, 1.807) is 7.11 Å². The third kappa shape index (κ3) is 2.42. The van der Waals surface area contributed by atoms with Crippen molar-refractivity contribution >= 4 is 22.6 Å².